The monoisotopic (exact) mass is 522 g/mol. The second kappa shape index (κ2) is 9.22. The number of rotatable bonds is 4. The molecule has 8 nitrogen and oxygen atoms in total. The number of nitrogens with one attached hydrogen (secondary N) is 1. The maximum absolute atomic E-state index is 13.2. The minimum absolute atomic E-state index is 0.0322. The Bertz CT molecular complexity index is 1570. The van der Waals surface area contributed by atoms with Crippen molar-refractivity contribution in [3.05, 3.63) is 79.0 Å². The van der Waals surface area contributed by atoms with Crippen molar-refractivity contribution in [2.75, 3.05) is 13.1 Å². The van der Waals surface area contributed by atoms with Crippen LogP contribution in [0.15, 0.2) is 52.3 Å². The van der Waals surface area contributed by atoms with Gasteiger partial charge in [0.15, 0.2) is 6.10 Å². The highest BCUT2D eigenvalue weighted by atomic mass is 35.5. The highest BCUT2D eigenvalue weighted by Gasteiger charge is 2.35. The zero-order valence-electron chi connectivity index (χ0n) is 19.3. The van der Waals surface area contributed by atoms with Gasteiger partial charge in [-0.2, -0.15) is 0 Å². The normalized spacial score (nSPS) is 17.2. The molecule has 4 aromatic rings. The molecule has 3 aromatic heterocycles. The number of hydrogen-bond donors (Lipinski definition) is 1. The summed E-state index contributed by atoms with van der Waals surface area (Å²) >= 11 is 7.98. The highest BCUT2D eigenvalue weighted by molar-refractivity contribution is 7.19. The summed E-state index contributed by atoms with van der Waals surface area (Å²) in [5, 5.41) is 0.572. The molecule has 184 valence electrons. The van der Waals surface area contributed by atoms with Gasteiger partial charge < -0.3 is 14.6 Å². The zero-order valence-corrected chi connectivity index (χ0v) is 20.9. The average molecular weight is 523 g/mol. The van der Waals surface area contributed by atoms with Gasteiger partial charge in [-0.1, -0.05) is 11.6 Å². The highest BCUT2D eigenvalue weighted by Crippen LogP contribution is 2.44. The quantitative estimate of drug-likeness (QED) is 0.439. The van der Waals surface area contributed by atoms with Gasteiger partial charge in [-0.15, -0.1) is 11.3 Å². The third kappa shape index (κ3) is 4.12. The van der Waals surface area contributed by atoms with Gasteiger partial charge in [-0.3, -0.25) is 19.1 Å². The number of pyridine rings is 1. The predicted octanol–water partition coefficient (Wildman–Crippen LogP) is 3.83. The number of piperidine rings is 1. The van der Waals surface area contributed by atoms with Crippen molar-refractivity contribution in [1.29, 1.82) is 0 Å². The molecule has 0 bridgehead atoms. The van der Waals surface area contributed by atoms with Gasteiger partial charge in [-0.25, -0.2) is 4.79 Å². The molecule has 1 unspecified atom stereocenters. The Hall–Kier alpha value is -3.43. The van der Waals surface area contributed by atoms with E-state index in [-0.39, 0.29) is 18.0 Å². The van der Waals surface area contributed by atoms with Crippen LogP contribution in [-0.4, -0.2) is 44.5 Å². The number of carbonyl (C=O) groups excluding carboxylic acids is 1. The van der Waals surface area contributed by atoms with Crippen molar-refractivity contribution < 1.29 is 9.53 Å². The number of hydrogen-bond acceptors (Lipinski definition) is 6. The minimum Gasteiger partial charge on any atom is -0.479 e. The average Bonchev–Trinajstić information content (AvgIpc) is 3.49. The van der Waals surface area contributed by atoms with Crippen LogP contribution in [0.4, 0.5) is 0 Å². The molecule has 2 aliphatic rings. The molecule has 0 spiro atoms. The van der Waals surface area contributed by atoms with E-state index in [0.717, 1.165) is 68.7 Å². The van der Waals surface area contributed by atoms with Crippen molar-refractivity contribution in [2.24, 2.45) is 0 Å². The van der Waals surface area contributed by atoms with Crippen LogP contribution in [0.2, 0.25) is 5.02 Å². The SMILES string of the molecule is O=C(C1Cc2cc(Cl)cc(-c3ccnc4cc(Cn5c(=O)cc[nH]c5=O)sc34)c2O1)N1CCCCC1. The molecule has 1 aromatic carbocycles. The summed E-state index contributed by atoms with van der Waals surface area (Å²) in [5.74, 6) is 0.706. The van der Waals surface area contributed by atoms with Crippen LogP contribution in [-0.2, 0) is 17.8 Å². The lowest BCUT2D eigenvalue weighted by molar-refractivity contribution is -0.138. The standard InChI is InChI=1S/C26H23ClN4O4S/c27-16-10-15-11-21(25(33)30-8-2-1-3-9-30)35-23(15)19(12-16)18-4-6-28-20-13-17(36-24(18)20)14-31-22(32)5-7-29-26(31)34/h4-7,10,12-13,21H,1-3,8-9,11,14H2,(H,29,34). The van der Waals surface area contributed by atoms with Gasteiger partial charge in [0, 0.05) is 64.6 Å². The second-order valence-electron chi connectivity index (χ2n) is 9.13. The van der Waals surface area contributed by atoms with Gasteiger partial charge in [0.05, 0.1) is 16.8 Å². The van der Waals surface area contributed by atoms with E-state index in [2.05, 4.69) is 9.97 Å². The third-order valence-corrected chi connectivity index (χ3v) is 8.11. The van der Waals surface area contributed by atoms with E-state index < -0.39 is 11.8 Å². The summed E-state index contributed by atoms with van der Waals surface area (Å²) < 4.78 is 8.34. The van der Waals surface area contributed by atoms with Crippen LogP contribution in [0.25, 0.3) is 21.3 Å². The van der Waals surface area contributed by atoms with Gasteiger partial charge in [0.2, 0.25) is 0 Å². The van der Waals surface area contributed by atoms with E-state index in [1.54, 1.807) is 6.20 Å². The Balaban J connectivity index is 1.37. The van der Waals surface area contributed by atoms with Crippen LogP contribution in [0, 0.1) is 0 Å². The number of halogens is 1. The summed E-state index contributed by atoms with van der Waals surface area (Å²) in [6.45, 7) is 1.70. The first-order chi connectivity index (χ1) is 17.5. The molecule has 0 aliphatic carbocycles. The molecular weight excluding hydrogens is 500 g/mol. The minimum atomic E-state index is -0.553. The lowest BCUT2D eigenvalue weighted by atomic mass is 10.0. The predicted molar refractivity (Wildman–Crippen MR) is 139 cm³/mol. The lowest BCUT2D eigenvalue weighted by Gasteiger charge is -2.28. The molecule has 1 saturated heterocycles. The van der Waals surface area contributed by atoms with Crippen molar-refractivity contribution >= 4 is 39.1 Å². The van der Waals surface area contributed by atoms with E-state index in [9.17, 15) is 14.4 Å². The Morgan fingerprint density at radius 2 is 1.97 bits per heavy atom. The molecule has 5 heterocycles. The van der Waals surface area contributed by atoms with Gasteiger partial charge in [0.25, 0.3) is 11.5 Å². The number of fused-ring (bicyclic) bond motifs is 2. The fourth-order valence-electron chi connectivity index (χ4n) is 5.02. The number of benzene rings is 1. The Kier molecular flexibility index (Phi) is 5.89. The molecule has 1 atom stereocenters. The van der Waals surface area contributed by atoms with E-state index in [4.69, 9.17) is 16.3 Å². The molecule has 1 fully saturated rings. The summed E-state index contributed by atoms with van der Waals surface area (Å²) in [6.07, 6.45) is 6.20. The lowest BCUT2D eigenvalue weighted by Crippen LogP contribution is -2.43. The van der Waals surface area contributed by atoms with Gasteiger partial charge in [0.1, 0.15) is 5.75 Å². The molecule has 1 amide bonds. The topological polar surface area (TPSA) is 97.3 Å². The maximum atomic E-state index is 13.2. The number of thiophene rings is 1. The molecular formula is C26H23ClN4O4S. The number of aromatic amines is 1. The maximum Gasteiger partial charge on any atom is 0.328 e. The van der Waals surface area contributed by atoms with Crippen LogP contribution < -0.4 is 16.0 Å². The van der Waals surface area contributed by atoms with Crippen molar-refractivity contribution in [1.82, 2.24) is 19.4 Å². The molecule has 2 aliphatic heterocycles. The first kappa shape index (κ1) is 23.0. The Labute approximate surface area is 215 Å². The largest absolute Gasteiger partial charge is 0.479 e. The van der Waals surface area contributed by atoms with Crippen LogP contribution >= 0.6 is 22.9 Å². The molecule has 36 heavy (non-hydrogen) atoms. The number of likely N-dealkylation sites (tertiary alicyclic amines) is 1. The Morgan fingerprint density at radius 1 is 1.14 bits per heavy atom. The smallest absolute Gasteiger partial charge is 0.328 e. The number of amides is 1. The molecule has 0 saturated carbocycles. The van der Waals surface area contributed by atoms with Crippen molar-refractivity contribution in [3.8, 4) is 16.9 Å². The first-order valence-corrected chi connectivity index (χ1v) is 13.1. The van der Waals surface area contributed by atoms with Gasteiger partial charge >= 0.3 is 5.69 Å². The number of ether oxygens (including phenoxy) is 1. The zero-order chi connectivity index (χ0) is 24.8. The van der Waals surface area contributed by atoms with E-state index in [1.807, 2.05) is 29.2 Å². The number of carbonyl (C=O) groups is 1. The fourth-order valence-corrected chi connectivity index (χ4v) is 6.39. The number of H-pyrrole nitrogens is 1. The van der Waals surface area contributed by atoms with E-state index in [1.165, 1.54) is 23.6 Å². The molecule has 6 rings (SSSR count). The fraction of sp³-hybridized carbons (Fsp3) is 0.308. The second-order valence-corrected chi connectivity index (χ2v) is 10.7. The van der Waals surface area contributed by atoms with Crippen LogP contribution in [0.1, 0.15) is 29.7 Å². The molecule has 10 heteroatoms. The van der Waals surface area contributed by atoms with Crippen molar-refractivity contribution in [3.63, 3.8) is 0 Å². The molecule has 0 radical (unpaired) electrons. The molecule has 1 N–H and O–H groups in total. The van der Waals surface area contributed by atoms with E-state index in [0.29, 0.717) is 17.2 Å². The van der Waals surface area contributed by atoms with Crippen LogP contribution in [0.5, 0.6) is 5.75 Å². The summed E-state index contributed by atoms with van der Waals surface area (Å²) in [6, 6.07) is 8.84. The number of aromatic nitrogens is 3. The van der Waals surface area contributed by atoms with Gasteiger partial charge in [-0.05, 0) is 43.5 Å². The Morgan fingerprint density at radius 3 is 2.78 bits per heavy atom. The summed E-state index contributed by atoms with van der Waals surface area (Å²) in [4.78, 5) is 47.2. The third-order valence-electron chi connectivity index (χ3n) is 6.75. The van der Waals surface area contributed by atoms with E-state index >= 15 is 0 Å². The summed E-state index contributed by atoms with van der Waals surface area (Å²) in [7, 11) is 0. The number of nitrogens with zero attached hydrogens (tertiary/aromatic N) is 3. The van der Waals surface area contributed by atoms with Crippen LogP contribution in [0.3, 0.4) is 0 Å². The summed E-state index contributed by atoms with van der Waals surface area (Å²) in [5.41, 5.74) is 2.53. The van der Waals surface area contributed by atoms with Crippen molar-refractivity contribution in [2.45, 2.75) is 38.3 Å². The first-order valence-electron chi connectivity index (χ1n) is 11.9.